The molecule has 20 heavy (non-hydrogen) atoms. The molecule has 1 fully saturated rings. The Morgan fingerprint density at radius 3 is 2.55 bits per heavy atom. The molecule has 1 aromatic carbocycles. The first-order valence-electron chi connectivity index (χ1n) is 7.79. The van der Waals surface area contributed by atoms with Crippen molar-refractivity contribution in [3.05, 3.63) is 34.9 Å². The van der Waals surface area contributed by atoms with Crippen molar-refractivity contribution in [2.75, 3.05) is 20.6 Å². The summed E-state index contributed by atoms with van der Waals surface area (Å²) in [5.41, 5.74) is 1.34. The lowest BCUT2D eigenvalue weighted by atomic mass is 9.94. The van der Waals surface area contributed by atoms with E-state index in [4.69, 9.17) is 11.6 Å². The van der Waals surface area contributed by atoms with Gasteiger partial charge in [-0.25, -0.2) is 0 Å². The number of hydrogen-bond donors (Lipinski definition) is 1. The van der Waals surface area contributed by atoms with Gasteiger partial charge in [-0.2, -0.15) is 0 Å². The van der Waals surface area contributed by atoms with Crippen LogP contribution in [0, 0.1) is 5.92 Å². The molecular formula is C17H27ClN2. The van der Waals surface area contributed by atoms with E-state index in [1.165, 1.54) is 44.2 Å². The fourth-order valence-corrected chi connectivity index (χ4v) is 3.48. The third-order valence-electron chi connectivity index (χ3n) is 4.44. The Labute approximate surface area is 128 Å². The fraction of sp³-hybridized carbons (Fsp3) is 0.647. The SMILES string of the molecule is CNC1CCCCCC1CN(C)Cc1ccc(Cl)cc1. The third kappa shape index (κ3) is 4.76. The van der Waals surface area contributed by atoms with Crippen LogP contribution in [-0.2, 0) is 6.54 Å². The van der Waals surface area contributed by atoms with Crippen molar-refractivity contribution < 1.29 is 0 Å². The number of halogens is 1. The van der Waals surface area contributed by atoms with Crippen LogP contribution >= 0.6 is 11.6 Å². The third-order valence-corrected chi connectivity index (χ3v) is 4.69. The van der Waals surface area contributed by atoms with Crippen molar-refractivity contribution in [3.8, 4) is 0 Å². The summed E-state index contributed by atoms with van der Waals surface area (Å²) in [6.45, 7) is 2.18. The summed E-state index contributed by atoms with van der Waals surface area (Å²) in [4.78, 5) is 2.45. The van der Waals surface area contributed by atoms with E-state index in [1.54, 1.807) is 0 Å². The minimum atomic E-state index is 0.685. The van der Waals surface area contributed by atoms with Gasteiger partial charge in [0.25, 0.3) is 0 Å². The number of nitrogens with zero attached hydrogens (tertiary/aromatic N) is 1. The molecule has 0 aliphatic heterocycles. The first-order valence-corrected chi connectivity index (χ1v) is 8.17. The van der Waals surface area contributed by atoms with E-state index in [0.29, 0.717) is 6.04 Å². The van der Waals surface area contributed by atoms with Crippen molar-refractivity contribution in [3.63, 3.8) is 0 Å². The minimum Gasteiger partial charge on any atom is -0.317 e. The summed E-state index contributed by atoms with van der Waals surface area (Å²) < 4.78 is 0. The van der Waals surface area contributed by atoms with Crippen LogP contribution in [0.5, 0.6) is 0 Å². The monoisotopic (exact) mass is 294 g/mol. The summed E-state index contributed by atoms with van der Waals surface area (Å²) in [6.07, 6.45) is 6.85. The molecule has 2 nitrogen and oxygen atoms in total. The molecule has 1 aromatic rings. The van der Waals surface area contributed by atoms with Gasteiger partial charge in [0.1, 0.15) is 0 Å². The predicted octanol–water partition coefficient (Wildman–Crippen LogP) is 3.94. The van der Waals surface area contributed by atoms with Gasteiger partial charge in [0, 0.05) is 24.2 Å². The van der Waals surface area contributed by atoms with E-state index in [2.05, 4.69) is 36.4 Å². The summed E-state index contributed by atoms with van der Waals surface area (Å²) in [7, 11) is 4.34. The molecule has 2 rings (SSSR count). The molecule has 1 aliphatic carbocycles. The van der Waals surface area contributed by atoms with Crippen molar-refractivity contribution in [2.45, 2.75) is 44.7 Å². The molecule has 1 saturated carbocycles. The zero-order chi connectivity index (χ0) is 14.4. The zero-order valence-corrected chi connectivity index (χ0v) is 13.5. The quantitative estimate of drug-likeness (QED) is 0.828. The van der Waals surface area contributed by atoms with Gasteiger partial charge in [0.05, 0.1) is 0 Å². The minimum absolute atomic E-state index is 0.685. The Morgan fingerprint density at radius 1 is 1.15 bits per heavy atom. The van der Waals surface area contributed by atoms with Crippen LogP contribution in [0.15, 0.2) is 24.3 Å². The second-order valence-electron chi connectivity index (χ2n) is 6.12. The average Bonchev–Trinajstić information content (AvgIpc) is 2.66. The van der Waals surface area contributed by atoms with Gasteiger partial charge in [-0.3, -0.25) is 0 Å². The first kappa shape index (κ1) is 15.8. The normalized spacial score (nSPS) is 23.8. The van der Waals surface area contributed by atoms with Crippen LogP contribution in [0.3, 0.4) is 0 Å². The first-order chi connectivity index (χ1) is 9.69. The molecule has 0 amide bonds. The lowest BCUT2D eigenvalue weighted by Gasteiger charge is -2.29. The van der Waals surface area contributed by atoms with Gasteiger partial charge in [0.2, 0.25) is 0 Å². The molecule has 0 bridgehead atoms. The highest BCUT2D eigenvalue weighted by Gasteiger charge is 2.23. The maximum atomic E-state index is 5.94. The summed E-state index contributed by atoms with van der Waals surface area (Å²) in [5.74, 6) is 0.778. The van der Waals surface area contributed by atoms with Gasteiger partial charge >= 0.3 is 0 Å². The highest BCUT2D eigenvalue weighted by atomic mass is 35.5. The molecule has 2 unspecified atom stereocenters. The molecule has 1 N–H and O–H groups in total. The van der Waals surface area contributed by atoms with Crippen molar-refractivity contribution in [2.24, 2.45) is 5.92 Å². The highest BCUT2D eigenvalue weighted by Crippen LogP contribution is 2.24. The van der Waals surface area contributed by atoms with Crippen LogP contribution < -0.4 is 5.32 Å². The van der Waals surface area contributed by atoms with Crippen molar-refractivity contribution in [1.82, 2.24) is 10.2 Å². The van der Waals surface area contributed by atoms with Gasteiger partial charge in [0.15, 0.2) is 0 Å². The molecule has 2 atom stereocenters. The molecule has 112 valence electrons. The Morgan fingerprint density at radius 2 is 1.85 bits per heavy atom. The zero-order valence-electron chi connectivity index (χ0n) is 12.7. The Balaban J connectivity index is 1.88. The number of hydrogen-bond acceptors (Lipinski definition) is 2. The van der Waals surface area contributed by atoms with E-state index in [-0.39, 0.29) is 0 Å². The Bertz CT molecular complexity index is 390. The van der Waals surface area contributed by atoms with Gasteiger partial charge in [-0.1, -0.05) is 43.0 Å². The second-order valence-corrected chi connectivity index (χ2v) is 6.55. The largest absolute Gasteiger partial charge is 0.317 e. The van der Waals surface area contributed by atoms with Crippen LogP contribution in [-0.4, -0.2) is 31.6 Å². The summed E-state index contributed by atoms with van der Waals surface area (Å²) in [6, 6.07) is 8.90. The second kappa shape index (κ2) is 8.02. The van der Waals surface area contributed by atoms with E-state index >= 15 is 0 Å². The van der Waals surface area contributed by atoms with Crippen molar-refractivity contribution >= 4 is 11.6 Å². The Kier molecular flexibility index (Phi) is 6.34. The number of nitrogens with one attached hydrogen (secondary N) is 1. The van der Waals surface area contributed by atoms with Crippen LogP contribution in [0.1, 0.15) is 37.7 Å². The average molecular weight is 295 g/mol. The molecule has 0 aromatic heterocycles. The molecule has 0 saturated heterocycles. The molecule has 0 radical (unpaired) electrons. The maximum absolute atomic E-state index is 5.94. The van der Waals surface area contributed by atoms with E-state index in [0.717, 1.165) is 17.5 Å². The van der Waals surface area contributed by atoms with Crippen LogP contribution in [0.4, 0.5) is 0 Å². The highest BCUT2D eigenvalue weighted by molar-refractivity contribution is 6.30. The van der Waals surface area contributed by atoms with E-state index in [1.807, 2.05) is 12.1 Å². The molecule has 0 heterocycles. The standard InChI is InChI=1S/C17H27ClN2/c1-19-17-7-5-3-4-6-15(17)13-20(2)12-14-8-10-16(18)11-9-14/h8-11,15,17,19H,3-7,12-13H2,1-2H3. The van der Waals surface area contributed by atoms with Gasteiger partial charge in [-0.15, -0.1) is 0 Å². The van der Waals surface area contributed by atoms with Gasteiger partial charge in [-0.05, 0) is 50.6 Å². The van der Waals surface area contributed by atoms with Gasteiger partial charge < -0.3 is 10.2 Å². The van der Waals surface area contributed by atoms with E-state index in [9.17, 15) is 0 Å². The lowest BCUT2D eigenvalue weighted by molar-refractivity contribution is 0.223. The number of benzene rings is 1. The van der Waals surface area contributed by atoms with E-state index < -0.39 is 0 Å². The molecular weight excluding hydrogens is 268 g/mol. The predicted molar refractivity (Wildman–Crippen MR) is 87.2 cm³/mol. The maximum Gasteiger partial charge on any atom is 0.0406 e. The van der Waals surface area contributed by atoms with Crippen LogP contribution in [0.25, 0.3) is 0 Å². The van der Waals surface area contributed by atoms with Crippen LogP contribution in [0.2, 0.25) is 5.02 Å². The topological polar surface area (TPSA) is 15.3 Å². The summed E-state index contributed by atoms with van der Waals surface area (Å²) in [5, 5.41) is 4.34. The smallest absolute Gasteiger partial charge is 0.0406 e. The fourth-order valence-electron chi connectivity index (χ4n) is 3.35. The molecule has 0 spiro atoms. The molecule has 3 heteroatoms. The number of rotatable bonds is 5. The molecule has 1 aliphatic rings. The summed E-state index contributed by atoms with van der Waals surface area (Å²) >= 11 is 5.94. The Hall–Kier alpha value is -0.570. The lowest BCUT2D eigenvalue weighted by Crippen LogP contribution is -2.39. The van der Waals surface area contributed by atoms with Crippen molar-refractivity contribution in [1.29, 1.82) is 0 Å².